The maximum atomic E-state index is 11.8. The summed E-state index contributed by atoms with van der Waals surface area (Å²) in [6.07, 6.45) is 2.76. The topological polar surface area (TPSA) is 101 Å². The number of aromatic nitrogens is 2. The van der Waals surface area contributed by atoms with E-state index in [1.807, 2.05) is 0 Å². The van der Waals surface area contributed by atoms with E-state index in [0.29, 0.717) is 5.56 Å². The van der Waals surface area contributed by atoms with Crippen molar-refractivity contribution in [3.63, 3.8) is 0 Å². The van der Waals surface area contributed by atoms with Gasteiger partial charge in [0.15, 0.2) is 0 Å². The lowest BCUT2D eigenvalue weighted by molar-refractivity contribution is 0.102. The van der Waals surface area contributed by atoms with E-state index >= 15 is 0 Å². The lowest BCUT2D eigenvalue weighted by Crippen LogP contribution is -2.11. The minimum atomic E-state index is -3.98. The predicted molar refractivity (Wildman–Crippen MR) is 72.6 cm³/mol. The van der Waals surface area contributed by atoms with E-state index in [2.05, 4.69) is 15.5 Å². The van der Waals surface area contributed by atoms with Crippen LogP contribution in [0.1, 0.15) is 10.4 Å². The van der Waals surface area contributed by atoms with Gasteiger partial charge in [-0.3, -0.25) is 9.89 Å². The maximum Gasteiger partial charge on any atom is 0.265 e. The molecule has 1 heterocycles. The molecule has 1 aromatic carbocycles. The zero-order valence-corrected chi connectivity index (χ0v) is 11.8. The fraction of sp³-hybridized carbons (Fsp3) is 0.0909. The van der Waals surface area contributed by atoms with Crippen LogP contribution in [-0.4, -0.2) is 31.6 Å². The number of anilines is 1. The molecule has 0 atom stereocenters. The quantitative estimate of drug-likeness (QED) is 0.834. The lowest BCUT2D eigenvalue weighted by atomic mass is 10.2. The summed E-state index contributed by atoms with van der Waals surface area (Å²) in [5.41, 5.74) is 0.590. The Morgan fingerprint density at radius 2 is 2.20 bits per heavy atom. The van der Waals surface area contributed by atoms with Crippen molar-refractivity contribution in [2.24, 2.45) is 0 Å². The normalized spacial score (nSPS) is 11.1. The van der Waals surface area contributed by atoms with Crippen LogP contribution in [0.2, 0.25) is 0 Å². The van der Waals surface area contributed by atoms with Crippen LogP contribution < -0.4 is 10.1 Å². The van der Waals surface area contributed by atoms with Crippen LogP contribution in [0.3, 0.4) is 0 Å². The van der Waals surface area contributed by atoms with E-state index in [1.165, 1.54) is 37.7 Å². The second kappa shape index (κ2) is 5.51. The number of hydrogen-bond acceptors (Lipinski definition) is 5. The van der Waals surface area contributed by atoms with Gasteiger partial charge in [-0.2, -0.15) is 5.10 Å². The summed E-state index contributed by atoms with van der Waals surface area (Å²) in [7, 11) is 2.66. The number of nitrogens with one attached hydrogen (secondary N) is 2. The van der Waals surface area contributed by atoms with Crippen molar-refractivity contribution in [2.75, 3.05) is 12.4 Å². The molecule has 2 N–H and O–H groups in total. The highest BCUT2D eigenvalue weighted by Crippen LogP contribution is 2.29. The highest BCUT2D eigenvalue weighted by molar-refractivity contribution is 8.13. The van der Waals surface area contributed by atoms with E-state index in [-0.39, 0.29) is 16.3 Å². The molecule has 1 aromatic heterocycles. The van der Waals surface area contributed by atoms with Crippen LogP contribution in [0, 0.1) is 0 Å². The first kappa shape index (κ1) is 14.4. The van der Waals surface area contributed by atoms with Gasteiger partial charge in [0, 0.05) is 22.6 Å². The number of halogens is 1. The molecule has 0 saturated carbocycles. The number of carbonyl (C=O) groups excluding carboxylic acids is 1. The Morgan fingerprint density at radius 1 is 1.45 bits per heavy atom. The molecule has 9 heteroatoms. The lowest BCUT2D eigenvalue weighted by Gasteiger charge is -2.09. The van der Waals surface area contributed by atoms with Gasteiger partial charge in [0.05, 0.1) is 18.9 Å². The Hall–Kier alpha value is -2.06. The molecule has 0 aliphatic heterocycles. The molecule has 0 unspecified atom stereocenters. The van der Waals surface area contributed by atoms with Crippen LogP contribution in [0.5, 0.6) is 5.75 Å². The average Bonchev–Trinajstić information content (AvgIpc) is 2.91. The minimum absolute atomic E-state index is 0.0984. The molecule has 2 rings (SSSR count). The summed E-state index contributed by atoms with van der Waals surface area (Å²) in [4.78, 5) is 11.6. The molecule has 20 heavy (non-hydrogen) atoms. The van der Waals surface area contributed by atoms with Crippen molar-refractivity contribution in [1.29, 1.82) is 0 Å². The third kappa shape index (κ3) is 3.09. The van der Waals surface area contributed by atoms with E-state index < -0.39 is 15.0 Å². The maximum absolute atomic E-state index is 11.8. The van der Waals surface area contributed by atoms with Crippen LogP contribution in [0.25, 0.3) is 0 Å². The summed E-state index contributed by atoms with van der Waals surface area (Å²) in [5.74, 6) is -0.330. The molecule has 2 aromatic rings. The van der Waals surface area contributed by atoms with Gasteiger partial charge < -0.3 is 10.1 Å². The number of ether oxygens (including phenoxy) is 1. The fourth-order valence-electron chi connectivity index (χ4n) is 1.52. The standard InChI is InChI=1S/C11H10ClN3O4S/c1-19-9-3-2-8(4-10(9)20(12,17)18)15-11(16)7-5-13-14-6-7/h2-6H,1H3,(H,13,14)(H,15,16). The average molecular weight is 316 g/mol. The van der Waals surface area contributed by atoms with Gasteiger partial charge in [-0.15, -0.1) is 0 Å². The molecule has 0 bridgehead atoms. The number of H-pyrrole nitrogens is 1. The number of benzene rings is 1. The summed E-state index contributed by atoms with van der Waals surface area (Å²) < 4.78 is 27.8. The van der Waals surface area contributed by atoms with Crippen LogP contribution in [0.4, 0.5) is 5.69 Å². The van der Waals surface area contributed by atoms with Gasteiger partial charge in [0.2, 0.25) is 0 Å². The van der Waals surface area contributed by atoms with Gasteiger partial charge in [0.1, 0.15) is 10.6 Å². The monoisotopic (exact) mass is 315 g/mol. The number of nitrogens with zero attached hydrogens (tertiary/aromatic N) is 1. The largest absolute Gasteiger partial charge is 0.495 e. The van der Waals surface area contributed by atoms with E-state index in [9.17, 15) is 13.2 Å². The predicted octanol–water partition coefficient (Wildman–Crippen LogP) is 1.60. The minimum Gasteiger partial charge on any atom is -0.495 e. The van der Waals surface area contributed by atoms with Crippen LogP contribution >= 0.6 is 10.7 Å². The third-order valence-electron chi connectivity index (χ3n) is 2.44. The highest BCUT2D eigenvalue weighted by Gasteiger charge is 2.18. The van der Waals surface area contributed by atoms with Gasteiger partial charge in [-0.05, 0) is 18.2 Å². The van der Waals surface area contributed by atoms with Crippen molar-refractivity contribution in [2.45, 2.75) is 4.90 Å². The Bertz CT molecular complexity index is 728. The Balaban J connectivity index is 2.33. The van der Waals surface area contributed by atoms with Gasteiger partial charge in [0.25, 0.3) is 15.0 Å². The van der Waals surface area contributed by atoms with Crippen molar-refractivity contribution in [1.82, 2.24) is 10.2 Å². The second-order valence-corrected chi connectivity index (χ2v) is 6.28. The summed E-state index contributed by atoms with van der Waals surface area (Å²) in [5, 5.41) is 8.68. The molecule has 0 radical (unpaired) electrons. The summed E-state index contributed by atoms with van der Waals surface area (Å²) in [6, 6.07) is 4.13. The van der Waals surface area contributed by atoms with E-state index in [4.69, 9.17) is 15.4 Å². The first-order chi connectivity index (χ1) is 9.41. The van der Waals surface area contributed by atoms with Crippen molar-refractivity contribution < 1.29 is 17.9 Å². The van der Waals surface area contributed by atoms with Crippen molar-refractivity contribution in [3.05, 3.63) is 36.2 Å². The van der Waals surface area contributed by atoms with Crippen molar-refractivity contribution in [3.8, 4) is 5.75 Å². The van der Waals surface area contributed by atoms with Gasteiger partial charge in [-0.1, -0.05) is 0 Å². The Labute approximate surface area is 119 Å². The molecule has 0 aliphatic carbocycles. The zero-order valence-electron chi connectivity index (χ0n) is 10.3. The molecule has 0 saturated heterocycles. The highest BCUT2D eigenvalue weighted by atomic mass is 35.7. The third-order valence-corrected chi connectivity index (χ3v) is 3.79. The smallest absolute Gasteiger partial charge is 0.265 e. The van der Waals surface area contributed by atoms with Crippen LogP contribution in [-0.2, 0) is 9.05 Å². The number of methoxy groups -OCH3 is 1. The first-order valence-electron chi connectivity index (χ1n) is 5.34. The second-order valence-electron chi connectivity index (χ2n) is 3.74. The number of carbonyl (C=O) groups is 1. The summed E-state index contributed by atoms with van der Waals surface area (Å²) in [6.45, 7) is 0. The molecule has 7 nitrogen and oxygen atoms in total. The SMILES string of the molecule is COc1ccc(NC(=O)c2cn[nH]c2)cc1S(=O)(=O)Cl. The zero-order chi connectivity index (χ0) is 14.8. The Kier molecular flexibility index (Phi) is 3.96. The summed E-state index contributed by atoms with van der Waals surface area (Å²) >= 11 is 0. The number of amides is 1. The molecule has 1 amide bonds. The molecule has 0 fully saturated rings. The van der Waals surface area contributed by atoms with Gasteiger partial charge in [-0.25, -0.2) is 8.42 Å². The molecular weight excluding hydrogens is 306 g/mol. The molecule has 0 spiro atoms. The number of hydrogen-bond donors (Lipinski definition) is 2. The van der Waals surface area contributed by atoms with E-state index in [0.717, 1.165) is 0 Å². The number of rotatable bonds is 4. The molecule has 106 valence electrons. The first-order valence-corrected chi connectivity index (χ1v) is 7.65. The Morgan fingerprint density at radius 3 is 2.75 bits per heavy atom. The fourth-order valence-corrected chi connectivity index (χ4v) is 2.54. The number of aromatic amines is 1. The molecular formula is C11H10ClN3O4S. The molecule has 0 aliphatic rings. The van der Waals surface area contributed by atoms with E-state index in [1.54, 1.807) is 0 Å². The van der Waals surface area contributed by atoms with Crippen molar-refractivity contribution >= 4 is 31.3 Å². The van der Waals surface area contributed by atoms with Gasteiger partial charge >= 0.3 is 0 Å². The van der Waals surface area contributed by atoms with Crippen LogP contribution in [0.15, 0.2) is 35.5 Å².